The number of rotatable bonds is 11. The highest BCUT2D eigenvalue weighted by Gasteiger charge is 2.52. The fourth-order valence-corrected chi connectivity index (χ4v) is 4.14. The smallest absolute Gasteiger partial charge is 0.451 e. The van der Waals surface area contributed by atoms with E-state index in [2.05, 4.69) is 10.0 Å². The number of carbonyl (C=O) groups excluding carboxylic acids is 1. The summed E-state index contributed by atoms with van der Waals surface area (Å²) in [4.78, 5) is 22.9. The Labute approximate surface area is 158 Å². The molecule has 0 radical (unpaired) electrons. The van der Waals surface area contributed by atoms with Crippen molar-refractivity contribution in [3.05, 3.63) is 0 Å². The highest BCUT2D eigenvalue weighted by atomic mass is 32.2. The maximum atomic E-state index is 12.4. The van der Waals surface area contributed by atoms with Crippen molar-refractivity contribution in [3.63, 3.8) is 0 Å². The molecule has 1 saturated heterocycles. The van der Waals surface area contributed by atoms with Crippen LogP contribution in [0.1, 0.15) is 19.8 Å². The number of hydrogen-bond donors (Lipinski definition) is 7. The number of amides is 1. The summed E-state index contributed by atoms with van der Waals surface area (Å²) in [5, 5.41) is 29.7. The van der Waals surface area contributed by atoms with Crippen LogP contribution in [-0.2, 0) is 19.8 Å². The van der Waals surface area contributed by atoms with E-state index in [1.807, 2.05) is 0 Å². The van der Waals surface area contributed by atoms with Gasteiger partial charge in [0.05, 0.1) is 6.04 Å². The summed E-state index contributed by atoms with van der Waals surface area (Å²) in [6, 6.07) is -0.716. The molecule has 0 aromatic carbocycles. The van der Waals surface area contributed by atoms with Crippen molar-refractivity contribution in [1.82, 2.24) is 14.3 Å². The molecule has 0 aromatic rings. The van der Waals surface area contributed by atoms with Gasteiger partial charge in [0.25, 0.3) is 10.2 Å². The molecule has 0 aromatic heterocycles. The van der Waals surface area contributed by atoms with Gasteiger partial charge in [-0.3, -0.25) is 9.59 Å². The van der Waals surface area contributed by atoms with Crippen LogP contribution in [0.25, 0.3) is 0 Å². The highest BCUT2D eigenvalue weighted by molar-refractivity contribution is 7.87. The third-order valence-electron chi connectivity index (χ3n) is 4.47. The molecular formula is C13H28BN5O7S. The van der Waals surface area contributed by atoms with Crippen LogP contribution < -0.4 is 21.5 Å². The molecule has 1 heterocycles. The quantitative estimate of drug-likeness (QED) is 0.132. The SMILES string of the molecule is C[C@H](N)C(=O)NCCNS(=O)(=O)N1C[C@H](CCCB(O)O)[C@](N)(C(=O)O)C1. The number of nitrogens with one attached hydrogen (secondary N) is 2. The zero-order valence-electron chi connectivity index (χ0n) is 15.2. The predicted octanol–water partition coefficient (Wildman–Crippen LogP) is -3.75. The van der Waals surface area contributed by atoms with E-state index < -0.39 is 53.2 Å². The van der Waals surface area contributed by atoms with Crippen molar-refractivity contribution < 1.29 is 33.2 Å². The number of carboxylic acids is 1. The third-order valence-corrected chi connectivity index (χ3v) is 5.99. The first-order valence-corrected chi connectivity index (χ1v) is 10.0. The van der Waals surface area contributed by atoms with E-state index >= 15 is 0 Å². The molecule has 27 heavy (non-hydrogen) atoms. The van der Waals surface area contributed by atoms with Gasteiger partial charge in [0, 0.05) is 32.1 Å². The zero-order chi connectivity index (χ0) is 20.8. The Morgan fingerprint density at radius 3 is 2.52 bits per heavy atom. The molecule has 0 bridgehead atoms. The molecule has 156 valence electrons. The Balaban J connectivity index is 2.67. The molecule has 0 aliphatic carbocycles. The van der Waals surface area contributed by atoms with Crippen molar-refractivity contribution in [1.29, 1.82) is 0 Å². The molecule has 0 spiro atoms. The number of carboxylic acid groups (broad SMARTS) is 1. The normalized spacial score (nSPS) is 24.6. The minimum atomic E-state index is -4.00. The molecule has 0 saturated carbocycles. The molecule has 1 fully saturated rings. The van der Waals surface area contributed by atoms with Crippen LogP contribution in [0.4, 0.5) is 0 Å². The van der Waals surface area contributed by atoms with Crippen molar-refractivity contribution in [3.8, 4) is 0 Å². The standard InChI is InChI=1S/C13H28BN5O7S/c1-9(15)11(20)17-5-6-18-27(25,26)19-7-10(3-2-4-14(23)24)13(16,8-19)12(21)22/h9-10,18,23-24H,2-8,15-16H2,1H3,(H,17,20)(H,21,22)/t9-,10-,13-/m0/s1. The van der Waals surface area contributed by atoms with Crippen LogP contribution >= 0.6 is 0 Å². The lowest BCUT2D eigenvalue weighted by Gasteiger charge is -2.25. The van der Waals surface area contributed by atoms with E-state index in [1.54, 1.807) is 0 Å². The van der Waals surface area contributed by atoms with E-state index in [-0.39, 0.29) is 32.4 Å². The van der Waals surface area contributed by atoms with Crippen molar-refractivity contribution >= 4 is 29.2 Å². The Bertz CT molecular complexity index is 633. The summed E-state index contributed by atoms with van der Waals surface area (Å²) in [5.41, 5.74) is 9.56. The number of hydrogen-bond acceptors (Lipinski definition) is 8. The number of aliphatic carboxylic acids is 1. The Hall–Kier alpha value is -1.29. The number of carbonyl (C=O) groups is 2. The molecule has 9 N–H and O–H groups in total. The molecule has 1 aliphatic rings. The second-order valence-electron chi connectivity index (χ2n) is 6.73. The Morgan fingerprint density at radius 1 is 1.37 bits per heavy atom. The third kappa shape index (κ3) is 6.67. The molecule has 0 unspecified atom stereocenters. The Kier molecular flexibility index (Phi) is 8.60. The maximum Gasteiger partial charge on any atom is 0.451 e. The van der Waals surface area contributed by atoms with Crippen LogP contribution in [-0.4, -0.2) is 84.6 Å². The maximum absolute atomic E-state index is 12.4. The second kappa shape index (κ2) is 9.77. The molecule has 3 atom stereocenters. The summed E-state index contributed by atoms with van der Waals surface area (Å²) in [7, 11) is -5.52. The predicted molar refractivity (Wildman–Crippen MR) is 97.4 cm³/mol. The van der Waals surface area contributed by atoms with Gasteiger partial charge in [-0.25, -0.2) is 4.72 Å². The van der Waals surface area contributed by atoms with Gasteiger partial charge in [0.2, 0.25) is 5.91 Å². The topological polar surface area (TPSA) is 208 Å². The lowest BCUT2D eigenvalue weighted by molar-refractivity contribution is -0.144. The summed E-state index contributed by atoms with van der Waals surface area (Å²) >= 11 is 0. The molecule has 14 heteroatoms. The van der Waals surface area contributed by atoms with E-state index in [4.69, 9.17) is 21.5 Å². The van der Waals surface area contributed by atoms with Crippen molar-refractivity contribution in [2.75, 3.05) is 26.2 Å². The average Bonchev–Trinajstić information content (AvgIpc) is 2.90. The van der Waals surface area contributed by atoms with E-state index in [0.717, 1.165) is 4.31 Å². The average molecular weight is 409 g/mol. The first-order valence-electron chi connectivity index (χ1n) is 8.56. The van der Waals surface area contributed by atoms with Gasteiger partial charge in [0.15, 0.2) is 0 Å². The van der Waals surface area contributed by atoms with Gasteiger partial charge < -0.3 is 31.9 Å². The monoisotopic (exact) mass is 409 g/mol. The minimum absolute atomic E-state index is 0.0258. The van der Waals surface area contributed by atoms with Crippen molar-refractivity contribution in [2.24, 2.45) is 17.4 Å². The van der Waals surface area contributed by atoms with Crippen LogP contribution in [0.15, 0.2) is 0 Å². The van der Waals surface area contributed by atoms with Gasteiger partial charge >= 0.3 is 13.1 Å². The minimum Gasteiger partial charge on any atom is -0.480 e. The van der Waals surface area contributed by atoms with Crippen LogP contribution in [0.5, 0.6) is 0 Å². The van der Waals surface area contributed by atoms with E-state index in [9.17, 15) is 23.1 Å². The molecule has 1 aliphatic heterocycles. The highest BCUT2D eigenvalue weighted by Crippen LogP contribution is 2.31. The fourth-order valence-electron chi connectivity index (χ4n) is 2.83. The van der Waals surface area contributed by atoms with Gasteiger partial charge in [-0.15, -0.1) is 0 Å². The van der Waals surface area contributed by atoms with E-state index in [0.29, 0.717) is 6.42 Å². The van der Waals surface area contributed by atoms with Gasteiger partial charge in [0.1, 0.15) is 5.54 Å². The zero-order valence-corrected chi connectivity index (χ0v) is 16.0. The first kappa shape index (κ1) is 23.8. The molecule has 1 rings (SSSR count). The summed E-state index contributed by atoms with van der Waals surface area (Å²) in [6.07, 6.45) is 0.562. The Morgan fingerprint density at radius 2 is 2.00 bits per heavy atom. The second-order valence-corrected chi connectivity index (χ2v) is 8.48. The number of nitrogens with zero attached hydrogens (tertiary/aromatic N) is 1. The molecular weight excluding hydrogens is 381 g/mol. The van der Waals surface area contributed by atoms with Crippen LogP contribution in [0, 0.1) is 5.92 Å². The van der Waals surface area contributed by atoms with Crippen LogP contribution in [0.2, 0.25) is 6.32 Å². The first-order chi connectivity index (χ1) is 12.4. The largest absolute Gasteiger partial charge is 0.480 e. The summed E-state index contributed by atoms with van der Waals surface area (Å²) in [6.45, 7) is 0.912. The van der Waals surface area contributed by atoms with E-state index in [1.165, 1.54) is 6.92 Å². The van der Waals surface area contributed by atoms with Gasteiger partial charge in [-0.1, -0.05) is 6.42 Å². The number of nitrogens with two attached hydrogens (primary N) is 2. The van der Waals surface area contributed by atoms with Crippen molar-refractivity contribution in [2.45, 2.75) is 37.7 Å². The lowest BCUT2D eigenvalue weighted by atomic mass is 9.78. The van der Waals surface area contributed by atoms with Gasteiger partial charge in [-0.2, -0.15) is 12.7 Å². The lowest BCUT2D eigenvalue weighted by Crippen LogP contribution is -2.55. The summed E-state index contributed by atoms with van der Waals surface area (Å²) < 4.78 is 28.0. The fraction of sp³-hybridized carbons (Fsp3) is 0.846. The van der Waals surface area contributed by atoms with Crippen LogP contribution in [0.3, 0.4) is 0 Å². The molecule has 12 nitrogen and oxygen atoms in total. The summed E-state index contributed by atoms with van der Waals surface area (Å²) in [5.74, 6) is -2.42. The molecule has 1 amide bonds. The van der Waals surface area contributed by atoms with Gasteiger partial charge in [-0.05, 0) is 19.7 Å².